The van der Waals surface area contributed by atoms with Gasteiger partial charge in [0.05, 0.1) is 6.26 Å². The van der Waals surface area contributed by atoms with Crippen molar-refractivity contribution in [2.75, 3.05) is 12.8 Å². The van der Waals surface area contributed by atoms with Gasteiger partial charge in [0.2, 0.25) is 10.0 Å². The Morgan fingerprint density at radius 2 is 1.44 bits per heavy atom. The van der Waals surface area contributed by atoms with Crippen molar-refractivity contribution in [2.24, 2.45) is 0 Å². The largest absolute Gasteiger partial charge is 0.216 e. The molecule has 0 bridgehead atoms. The van der Waals surface area contributed by atoms with Crippen molar-refractivity contribution in [2.45, 2.75) is 42.5 Å². The zero-order valence-electron chi connectivity index (χ0n) is 10.8. The molecule has 1 rings (SSSR count). The van der Waals surface area contributed by atoms with E-state index in [4.69, 9.17) is 0 Å². The van der Waals surface area contributed by atoms with Crippen LogP contribution >= 0.6 is 0 Å². The van der Waals surface area contributed by atoms with Crippen LogP contribution in [0, 0.1) is 6.92 Å². The lowest BCUT2D eigenvalue weighted by molar-refractivity contribution is 0.590. The number of benzene rings is 1. The average molecular weight is 277 g/mol. The second-order valence-corrected chi connectivity index (χ2v) is 4.76. The van der Waals surface area contributed by atoms with Crippen LogP contribution in [-0.4, -0.2) is 21.2 Å². The van der Waals surface area contributed by atoms with Crippen molar-refractivity contribution in [3.63, 3.8) is 0 Å². The van der Waals surface area contributed by atoms with Crippen LogP contribution in [0.2, 0.25) is 0 Å². The summed E-state index contributed by atoms with van der Waals surface area (Å²) in [7, 11) is -2.92. The van der Waals surface area contributed by atoms with Gasteiger partial charge in [0, 0.05) is 6.54 Å². The van der Waals surface area contributed by atoms with Crippen LogP contribution in [0.4, 0.5) is 0 Å². The maximum atomic E-state index is 10.1. The summed E-state index contributed by atoms with van der Waals surface area (Å²) in [6.45, 7) is 8.29. The van der Waals surface area contributed by atoms with E-state index in [9.17, 15) is 8.42 Å². The summed E-state index contributed by atoms with van der Waals surface area (Å²) in [6, 6.07) is 10.3. The third kappa shape index (κ3) is 24.4. The van der Waals surface area contributed by atoms with E-state index in [1.165, 1.54) is 5.56 Å². The molecule has 3 nitrogen and oxygen atoms in total. The molecule has 0 aliphatic carbocycles. The molecule has 0 spiro atoms. The zero-order chi connectivity index (χ0) is 13.0. The summed E-state index contributed by atoms with van der Waals surface area (Å²) >= 11 is 0. The molecule has 4 heteroatoms. The fourth-order valence-corrected chi connectivity index (χ4v) is 1.32. The van der Waals surface area contributed by atoms with E-state index in [2.05, 4.69) is 23.8 Å². The number of nitrogens with one attached hydrogen (secondary N) is 1. The van der Waals surface area contributed by atoms with Gasteiger partial charge in [-0.05, 0) is 6.92 Å². The summed E-state index contributed by atoms with van der Waals surface area (Å²) in [4.78, 5) is 0. The van der Waals surface area contributed by atoms with Gasteiger partial charge in [-0.25, -0.2) is 13.1 Å². The minimum absolute atomic E-state index is 0. The summed E-state index contributed by atoms with van der Waals surface area (Å²) in [5, 5.41) is 0. The van der Waals surface area contributed by atoms with Crippen LogP contribution in [0.1, 0.15) is 41.2 Å². The van der Waals surface area contributed by atoms with E-state index in [0.717, 1.165) is 6.26 Å². The Hall–Kier alpha value is -0.870. The lowest BCUT2D eigenvalue weighted by atomic mass is 10.2. The van der Waals surface area contributed by atoms with Crippen molar-refractivity contribution in [3.05, 3.63) is 35.9 Å². The SMILES string of the molecule is C.C.CC.CCNS(C)(=O)=O.Cc1ccccc1. The van der Waals surface area contributed by atoms with E-state index in [1.54, 1.807) is 6.92 Å². The average Bonchev–Trinajstić information content (AvgIpc) is 2.21. The van der Waals surface area contributed by atoms with E-state index in [-0.39, 0.29) is 14.9 Å². The maximum absolute atomic E-state index is 10.1. The predicted molar refractivity (Wildman–Crippen MR) is 84.5 cm³/mol. The second-order valence-electron chi connectivity index (χ2n) is 2.92. The third-order valence-corrected chi connectivity index (χ3v) is 2.16. The van der Waals surface area contributed by atoms with Crippen LogP contribution in [0.25, 0.3) is 0 Å². The van der Waals surface area contributed by atoms with Gasteiger partial charge in [-0.2, -0.15) is 0 Å². The molecule has 0 aromatic heterocycles. The lowest BCUT2D eigenvalue weighted by Gasteiger charge is -1.91. The van der Waals surface area contributed by atoms with Gasteiger partial charge in [-0.3, -0.25) is 0 Å². The predicted octanol–water partition coefficient (Wildman–Crippen LogP) is 3.85. The maximum Gasteiger partial charge on any atom is 0.208 e. The van der Waals surface area contributed by atoms with Crippen LogP contribution in [0.15, 0.2) is 30.3 Å². The van der Waals surface area contributed by atoms with Gasteiger partial charge in [-0.15, -0.1) is 0 Å². The summed E-state index contributed by atoms with van der Waals surface area (Å²) in [5.41, 5.74) is 1.32. The summed E-state index contributed by atoms with van der Waals surface area (Å²) in [5.74, 6) is 0. The molecule has 0 unspecified atom stereocenters. The van der Waals surface area contributed by atoms with Crippen LogP contribution in [0.5, 0.6) is 0 Å². The Morgan fingerprint density at radius 1 is 1.06 bits per heavy atom. The number of hydrogen-bond donors (Lipinski definition) is 1. The summed E-state index contributed by atoms with van der Waals surface area (Å²) in [6.07, 6.45) is 1.14. The first kappa shape index (κ1) is 25.9. The van der Waals surface area contributed by atoms with Gasteiger partial charge in [0.15, 0.2) is 0 Å². The Bertz CT molecular complexity index is 334. The van der Waals surface area contributed by atoms with E-state index in [0.29, 0.717) is 6.54 Å². The molecule has 0 atom stereocenters. The molecular formula is C14H31NO2S. The number of rotatable bonds is 2. The minimum Gasteiger partial charge on any atom is -0.216 e. The van der Waals surface area contributed by atoms with Gasteiger partial charge in [-0.1, -0.05) is 71.5 Å². The smallest absolute Gasteiger partial charge is 0.208 e. The molecule has 0 amide bonds. The molecule has 0 fully saturated rings. The molecule has 18 heavy (non-hydrogen) atoms. The Labute approximate surface area is 115 Å². The molecule has 1 aromatic rings. The van der Waals surface area contributed by atoms with Gasteiger partial charge < -0.3 is 0 Å². The molecule has 0 saturated carbocycles. The topological polar surface area (TPSA) is 46.2 Å². The highest BCUT2D eigenvalue weighted by molar-refractivity contribution is 7.88. The highest BCUT2D eigenvalue weighted by Crippen LogP contribution is 1.92. The fourth-order valence-electron chi connectivity index (χ4n) is 0.797. The standard InChI is InChI=1S/C7H8.C3H9NO2S.C2H6.2CH4/c1-7-5-3-2-4-6-7;1-3-4-7(2,5)6;1-2;;/h2-6H,1H3;4H,3H2,1-2H3;1-2H3;2*1H4. The third-order valence-electron chi connectivity index (χ3n) is 1.35. The fraction of sp³-hybridized carbons (Fsp3) is 0.571. The number of hydrogen-bond acceptors (Lipinski definition) is 2. The molecule has 0 heterocycles. The normalized spacial score (nSPS) is 8.28. The first-order chi connectivity index (χ1) is 7.45. The first-order valence-electron chi connectivity index (χ1n) is 5.42. The summed E-state index contributed by atoms with van der Waals surface area (Å²) < 4.78 is 22.5. The van der Waals surface area contributed by atoms with E-state index in [1.807, 2.05) is 32.0 Å². The quantitative estimate of drug-likeness (QED) is 0.892. The monoisotopic (exact) mass is 277 g/mol. The Morgan fingerprint density at radius 3 is 1.56 bits per heavy atom. The molecule has 0 saturated heterocycles. The van der Waals surface area contributed by atoms with E-state index < -0.39 is 10.0 Å². The van der Waals surface area contributed by atoms with E-state index >= 15 is 0 Å². The van der Waals surface area contributed by atoms with Crippen molar-refractivity contribution in [1.82, 2.24) is 4.72 Å². The molecule has 0 radical (unpaired) electrons. The molecule has 1 N–H and O–H groups in total. The second kappa shape index (κ2) is 16.1. The van der Waals surface area contributed by atoms with Gasteiger partial charge in [0.25, 0.3) is 0 Å². The number of aryl methyl sites for hydroxylation is 1. The van der Waals surface area contributed by atoms with Crippen LogP contribution < -0.4 is 4.72 Å². The van der Waals surface area contributed by atoms with Crippen molar-refractivity contribution >= 4 is 10.0 Å². The van der Waals surface area contributed by atoms with Crippen molar-refractivity contribution < 1.29 is 8.42 Å². The molecule has 110 valence electrons. The first-order valence-corrected chi connectivity index (χ1v) is 7.31. The van der Waals surface area contributed by atoms with Crippen LogP contribution in [0.3, 0.4) is 0 Å². The van der Waals surface area contributed by atoms with Crippen molar-refractivity contribution in [3.8, 4) is 0 Å². The van der Waals surface area contributed by atoms with Crippen molar-refractivity contribution in [1.29, 1.82) is 0 Å². The van der Waals surface area contributed by atoms with Gasteiger partial charge >= 0.3 is 0 Å². The minimum atomic E-state index is -2.92. The molecular weight excluding hydrogens is 246 g/mol. The Kier molecular flexibility index (Phi) is 23.2. The Balaban J connectivity index is -0.0000000871. The lowest BCUT2D eigenvalue weighted by Crippen LogP contribution is -2.20. The highest BCUT2D eigenvalue weighted by atomic mass is 32.2. The highest BCUT2D eigenvalue weighted by Gasteiger charge is 1.92. The molecule has 0 aliphatic heterocycles. The van der Waals surface area contributed by atoms with Crippen LogP contribution in [-0.2, 0) is 10.0 Å². The molecule has 1 aromatic carbocycles. The zero-order valence-corrected chi connectivity index (χ0v) is 11.6. The number of sulfonamides is 1. The van der Waals surface area contributed by atoms with Gasteiger partial charge in [0.1, 0.15) is 0 Å². The molecule has 0 aliphatic rings.